The maximum absolute atomic E-state index is 13.9. The number of carbonyl (C=O) groups is 1. The van der Waals surface area contributed by atoms with Gasteiger partial charge in [0.05, 0.1) is 0 Å². The summed E-state index contributed by atoms with van der Waals surface area (Å²) in [4.78, 5) is 17.8. The normalized spacial score (nSPS) is 21.4. The summed E-state index contributed by atoms with van der Waals surface area (Å²) in [7, 11) is 1.67. The number of halogens is 2. The second-order valence-corrected chi connectivity index (χ2v) is 7.47. The first kappa shape index (κ1) is 19.4. The van der Waals surface area contributed by atoms with Crippen LogP contribution in [0.25, 0.3) is 0 Å². The number of hydrogen-bond donors (Lipinski definition) is 2. The van der Waals surface area contributed by atoms with Crippen LogP contribution in [0.5, 0.6) is 0 Å². The summed E-state index contributed by atoms with van der Waals surface area (Å²) in [5.74, 6) is -0.427. The average Bonchev–Trinajstić information content (AvgIpc) is 3.33. The van der Waals surface area contributed by atoms with Crippen LogP contribution < -0.4 is 15.5 Å². The highest BCUT2D eigenvalue weighted by molar-refractivity contribution is 5.95. The first-order valence-corrected chi connectivity index (χ1v) is 9.87. The second-order valence-electron chi connectivity index (χ2n) is 7.47. The molecule has 2 N–H and O–H groups in total. The van der Waals surface area contributed by atoms with Gasteiger partial charge < -0.3 is 15.5 Å². The molecule has 4 rings (SSSR count). The second kappa shape index (κ2) is 8.19. The molecule has 2 fully saturated rings. The number of nitrogens with one attached hydrogen (secondary N) is 2. The number of rotatable bonds is 5. The van der Waals surface area contributed by atoms with Gasteiger partial charge >= 0.3 is 0 Å². The summed E-state index contributed by atoms with van der Waals surface area (Å²) in [5.41, 5.74) is 2.12. The lowest BCUT2D eigenvalue weighted by molar-refractivity contribution is -0.117. The van der Waals surface area contributed by atoms with Crippen LogP contribution in [0.1, 0.15) is 36.3 Å². The topological polar surface area (TPSA) is 56.7 Å². The largest absolute Gasteiger partial charge is 0.353 e. The quantitative estimate of drug-likeness (QED) is 0.600. The molecule has 1 aliphatic carbocycles. The summed E-state index contributed by atoms with van der Waals surface area (Å²) in [5, 5.41) is 6.46. The Bertz CT molecular complexity index is 909. The molecular weight excluding hydrogens is 374 g/mol. The van der Waals surface area contributed by atoms with Crippen molar-refractivity contribution in [3.05, 3.63) is 65.2 Å². The first-order chi connectivity index (χ1) is 14.1. The Morgan fingerprint density at radius 2 is 1.90 bits per heavy atom. The Labute approximate surface area is 168 Å². The fraction of sp³-hybridized carbons (Fsp3) is 0.364. The van der Waals surface area contributed by atoms with Gasteiger partial charge in [0.1, 0.15) is 11.6 Å². The lowest BCUT2D eigenvalue weighted by Gasteiger charge is -2.16. The van der Waals surface area contributed by atoms with Crippen LogP contribution >= 0.6 is 0 Å². The van der Waals surface area contributed by atoms with Gasteiger partial charge in [-0.15, -0.1) is 0 Å². The van der Waals surface area contributed by atoms with Crippen molar-refractivity contribution in [2.45, 2.75) is 37.8 Å². The maximum Gasteiger partial charge on any atom is 0.227 e. The summed E-state index contributed by atoms with van der Waals surface area (Å²) < 4.78 is 27.9. The molecule has 2 unspecified atom stereocenters. The number of aliphatic imine (C=N–C) groups is 1. The Kier molecular flexibility index (Phi) is 5.47. The molecule has 7 heteroatoms. The summed E-state index contributed by atoms with van der Waals surface area (Å²) in [6.45, 7) is 1.33. The van der Waals surface area contributed by atoms with E-state index in [0.717, 1.165) is 24.2 Å². The number of nitrogens with zero attached hydrogens (tertiary/aromatic N) is 2. The van der Waals surface area contributed by atoms with E-state index in [-0.39, 0.29) is 23.4 Å². The third-order valence-corrected chi connectivity index (χ3v) is 5.49. The van der Waals surface area contributed by atoms with E-state index in [2.05, 4.69) is 15.6 Å². The number of benzene rings is 2. The fourth-order valence-electron chi connectivity index (χ4n) is 3.81. The predicted octanol–water partition coefficient (Wildman–Crippen LogP) is 3.31. The molecule has 1 heterocycles. The van der Waals surface area contributed by atoms with Crippen LogP contribution in [0.4, 0.5) is 14.5 Å². The molecule has 0 spiro atoms. The number of carbonyl (C=O) groups excluding carboxylic acids is 1. The highest BCUT2D eigenvalue weighted by atomic mass is 19.1. The van der Waals surface area contributed by atoms with E-state index in [1.807, 2.05) is 29.2 Å². The van der Waals surface area contributed by atoms with Gasteiger partial charge in [0.2, 0.25) is 5.91 Å². The van der Waals surface area contributed by atoms with Crippen molar-refractivity contribution < 1.29 is 13.6 Å². The summed E-state index contributed by atoms with van der Waals surface area (Å²) in [6, 6.07) is 11.8. The van der Waals surface area contributed by atoms with Gasteiger partial charge in [-0.1, -0.05) is 18.2 Å². The van der Waals surface area contributed by atoms with E-state index < -0.39 is 11.6 Å². The highest BCUT2D eigenvalue weighted by Gasteiger charge is 2.42. The summed E-state index contributed by atoms with van der Waals surface area (Å²) >= 11 is 0. The Hall–Kier alpha value is -2.96. The molecule has 0 radical (unpaired) electrons. The Morgan fingerprint density at radius 3 is 2.52 bits per heavy atom. The molecule has 1 amide bonds. The lowest BCUT2D eigenvalue weighted by atomic mass is 10.1. The molecule has 1 saturated heterocycles. The smallest absolute Gasteiger partial charge is 0.227 e. The van der Waals surface area contributed by atoms with Crippen LogP contribution in [0.15, 0.2) is 47.5 Å². The third-order valence-electron chi connectivity index (χ3n) is 5.49. The maximum atomic E-state index is 13.9. The first-order valence-electron chi connectivity index (χ1n) is 9.87. The number of hydrogen-bond acceptors (Lipinski definition) is 2. The van der Waals surface area contributed by atoms with Crippen molar-refractivity contribution >= 4 is 17.6 Å². The van der Waals surface area contributed by atoms with Crippen molar-refractivity contribution in [2.24, 2.45) is 4.99 Å². The highest BCUT2D eigenvalue weighted by Crippen LogP contribution is 2.43. The Balaban J connectivity index is 1.31. The molecule has 152 valence electrons. The number of amides is 1. The zero-order valence-electron chi connectivity index (χ0n) is 16.3. The molecule has 5 nitrogen and oxygen atoms in total. The van der Waals surface area contributed by atoms with E-state index in [9.17, 15) is 13.6 Å². The molecular formula is C22H24F2N4O. The third kappa shape index (κ3) is 4.23. The minimum atomic E-state index is -0.501. The fourth-order valence-corrected chi connectivity index (χ4v) is 3.81. The molecule has 1 saturated carbocycles. The number of guanidine groups is 1. The minimum absolute atomic E-state index is 0.0452. The van der Waals surface area contributed by atoms with Crippen molar-refractivity contribution in [2.75, 3.05) is 18.5 Å². The minimum Gasteiger partial charge on any atom is -0.353 e. The molecule has 0 aromatic heterocycles. The van der Waals surface area contributed by atoms with E-state index in [4.69, 9.17) is 0 Å². The van der Waals surface area contributed by atoms with Crippen LogP contribution in [0.2, 0.25) is 0 Å². The summed E-state index contributed by atoms with van der Waals surface area (Å²) in [6.07, 6.45) is 2.18. The van der Waals surface area contributed by atoms with Crippen LogP contribution in [0.3, 0.4) is 0 Å². The van der Waals surface area contributed by atoms with Crippen molar-refractivity contribution in [1.29, 1.82) is 0 Å². The van der Waals surface area contributed by atoms with Crippen molar-refractivity contribution in [3.8, 4) is 0 Å². The molecule has 2 aromatic carbocycles. The van der Waals surface area contributed by atoms with E-state index in [1.165, 1.54) is 18.2 Å². The van der Waals surface area contributed by atoms with E-state index in [1.54, 1.807) is 7.05 Å². The van der Waals surface area contributed by atoms with Gasteiger partial charge in [-0.2, -0.15) is 0 Å². The van der Waals surface area contributed by atoms with Gasteiger partial charge in [0.25, 0.3) is 0 Å². The monoisotopic (exact) mass is 398 g/mol. The van der Waals surface area contributed by atoms with Crippen LogP contribution in [0, 0.1) is 11.6 Å². The van der Waals surface area contributed by atoms with Crippen LogP contribution in [-0.4, -0.2) is 31.5 Å². The molecule has 2 aliphatic rings. The molecule has 0 bridgehead atoms. The van der Waals surface area contributed by atoms with E-state index >= 15 is 0 Å². The lowest BCUT2D eigenvalue weighted by Crippen LogP contribution is -2.38. The van der Waals surface area contributed by atoms with Gasteiger partial charge in [-0.25, -0.2) is 8.78 Å². The van der Waals surface area contributed by atoms with Gasteiger partial charge in [0.15, 0.2) is 5.96 Å². The van der Waals surface area contributed by atoms with Crippen LogP contribution in [-0.2, 0) is 11.3 Å². The standard InChI is InChI=1S/C22H24F2N4O/c1-25-22(27-19-12-16(19)21-17(23)4-2-5-18(21)24)26-13-14-7-9-15(10-8-14)28-11-3-6-20(28)29/h2,4-5,7-10,16,19H,3,6,11-13H2,1H3,(H2,25,26,27). The van der Waals surface area contributed by atoms with Crippen molar-refractivity contribution in [1.82, 2.24) is 10.6 Å². The van der Waals surface area contributed by atoms with Crippen molar-refractivity contribution in [3.63, 3.8) is 0 Å². The number of anilines is 1. The molecule has 2 atom stereocenters. The molecule has 1 aliphatic heterocycles. The SMILES string of the molecule is CN=C(NCc1ccc(N2CCCC2=O)cc1)NC1CC1c1c(F)cccc1F. The average molecular weight is 398 g/mol. The molecule has 2 aromatic rings. The predicted molar refractivity (Wildman–Crippen MR) is 109 cm³/mol. The van der Waals surface area contributed by atoms with Gasteiger partial charge in [-0.3, -0.25) is 9.79 Å². The Morgan fingerprint density at radius 1 is 1.17 bits per heavy atom. The zero-order chi connectivity index (χ0) is 20.4. The molecule has 29 heavy (non-hydrogen) atoms. The van der Waals surface area contributed by atoms with Gasteiger partial charge in [0, 0.05) is 49.8 Å². The van der Waals surface area contributed by atoms with E-state index in [0.29, 0.717) is 25.3 Å². The zero-order valence-corrected chi connectivity index (χ0v) is 16.3. The van der Waals surface area contributed by atoms with Gasteiger partial charge in [-0.05, 0) is 42.7 Å².